The molecule has 0 aliphatic carbocycles. The summed E-state index contributed by atoms with van der Waals surface area (Å²) in [4.78, 5) is 151. The van der Waals surface area contributed by atoms with Gasteiger partial charge in [0.2, 0.25) is 17.7 Å². The molecule has 74 heavy (non-hydrogen) atoms. The van der Waals surface area contributed by atoms with Crippen molar-refractivity contribution in [2.45, 2.75) is 96.7 Å². The van der Waals surface area contributed by atoms with Gasteiger partial charge in [0.15, 0.2) is 28.9 Å². The van der Waals surface area contributed by atoms with Crippen molar-refractivity contribution in [1.82, 2.24) is 21.3 Å². The van der Waals surface area contributed by atoms with E-state index in [0.29, 0.717) is 22.3 Å². The Morgan fingerprint density at radius 2 is 1.01 bits per heavy atom. The number of amides is 4. The van der Waals surface area contributed by atoms with Gasteiger partial charge in [-0.15, -0.1) is 0 Å². The van der Waals surface area contributed by atoms with Crippen LogP contribution in [0.5, 0.6) is 0 Å². The van der Waals surface area contributed by atoms with Crippen LogP contribution in [0.2, 0.25) is 0 Å². The van der Waals surface area contributed by atoms with Gasteiger partial charge in [-0.25, -0.2) is 0 Å². The fourth-order valence-electron chi connectivity index (χ4n) is 7.80. The third kappa shape index (κ3) is 19.3. The monoisotopic (exact) mass is 1020 g/mol. The Kier molecular flexibility index (Phi) is 22.4. The second-order valence-corrected chi connectivity index (χ2v) is 18.1. The highest BCUT2D eigenvalue weighted by Crippen LogP contribution is 2.22. The Hall–Kier alpha value is -8.48. The van der Waals surface area contributed by atoms with Gasteiger partial charge in [-0.05, 0) is 61.1 Å². The van der Waals surface area contributed by atoms with Gasteiger partial charge in [0.1, 0.15) is 0 Å². The zero-order chi connectivity index (χ0) is 54.5. The standard InChI is InChI=1S/C55H60N4O15/c1-32(52(70)59-45(26-36-12-8-5-9-13-36)48(64)28-42(55(73)74)29-50(66)67)24-43(61)31-56-53(71)40-20-16-38(17-21-40)37-14-18-39(19-15-37)46(62)22-23-49(65)57-33(2)47(63)27-41(25-35-10-6-4-7-11-35)54(72)58-44(34(3)60)30-51(68)69/h4-21,32-33,41-42,44-45H,22-31H2,1-3H3,(H,56,71)(H,57,65)(H,58,72)(H,59,70)(H,66,67)(H,68,69)(H,73,74)/t32-,33+,41?,42+,44+,45?/m1/s1. The minimum absolute atomic E-state index is 0.000343. The van der Waals surface area contributed by atoms with Gasteiger partial charge >= 0.3 is 17.9 Å². The van der Waals surface area contributed by atoms with Crippen LogP contribution in [-0.2, 0) is 60.8 Å². The molecule has 0 spiro atoms. The smallest absolute Gasteiger partial charge is 0.307 e. The summed E-state index contributed by atoms with van der Waals surface area (Å²) in [5.41, 5.74) is 3.33. The maximum atomic E-state index is 13.3. The summed E-state index contributed by atoms with van der Waals surface area (Å²) in [6, 6.07) is 26.8. The van der Waals surface area contributed by atoms with E-state index in [1.807, 2.05) is 0 Å². The molecule has 0 bridgehead atoms. The highest BCUT2D eigenvalue weighted by atomic mass is 16.4. The lowest BCUT2D eigenvalue weighted by Gasteiger charge is -2.22. The van der Waals surface area contributed by atoms with Crippen molar-refractivity contribution in [3.63, 3.8) is 0 Å². The van der Waals surface area contributed by atoms with Gasteiger partial charge in [0.25, 0.3) is 5.91 Å². The predicted molar refractivity (Wildman–Crippen MR) is 267 cm³/mol. The van der Waals surface area contributed by atoms with Crippen LogP contribution in [0, 0.1) is 17.8 Å². The summed E-state index contributed by atoms with van der Waals surface area (Å²) < 4.78 is 0. The van der Waals surface area contributed by atoms with Crippen molar-refractivity contribution in [3.05, 3.63) is 131 Å². The minimum atomic E-state index is -1.51. The molecule has 0 aliphatic rings. The van der Waals surface area contributed by atoms with E-state index in [4.69, 9.17) is 5.11 Å². The molecule has 0 saturated heterocycles. The van der Waals surface area contributed by atoms with Gasteiger partial charge in [-0.2, -0.15) is 0 Å². The lowest BCUT2D eigenvalue weighted by atomic mass is 9.91. The van der Waals surface area contributed by atoms with E-state index in [2.05, 4.69) is 21.3 Å². The normalized spacial score (nSPS) is 13.3. The Labute approximate surface area is 426 Å². The minimum Gasteiger partial charge on any atom is -0.481 e. The zero-order valence-corrected chi connectivity index (χ0v) is 41.2. The number of carboxylic acid groups (broad SMARTS) is 3. The highest BCUT2D eigenvalue weighted by Gasteiger charge is 2.32. The number of nitrogens with one attached hydrogen (secondary N) is 4. The lowest BCUT2D eigenvalue weighted by molar-refractivity contribution is -0.149. The summed E-state index contributed by atoms with van der Waals surface area (Å²) in [6.45, 7) is 3.65. The van der Waals surface area contributed by atoms with Crippen LogP contribution in [0.1, 0.15) is 97.6 Å². The van der Waals surface area contributed by atoms with Crippen molar-refractivity contribution in [2.24, 2.45) is 17.8 Å². The Morgan fingerprint density at radius 3 is 1.54 bits per heavy atom. The van der Waals surface area contributed by atoms with E-state index in [9.17, 15) is 67.7 Å². The van der Waals surface area contributed by atoms with E-state index in [-0.39, 0.29) is 49.9 Å². The first kappa shape index (κ1) is 58.1. The van der Waals surface area contributed by atoms with E-state index in [1.165, 1.54) is 26.0 Å². The summed E-state index contributed by atoms with van der Waals surface area (Å²) in [6.07, 6.45) is -2.97. The number of hydrogen-bond donors (Lipinski definition) is 7. The molecule has 0 saturated carbocycles. The number of Topliss-reactive ketones (excluding diaryl/α,β-unsaturated/α-hetero) is 5. The summed E-state index contributed by atoms with van der Waals surface area (Å²) in [5, 5.41) is 37.9. The number of benzene rings is 4. The van der Waals surface area contributed by atoms with E-state index in [0.717, 1.165) is 12.5 Å². The van der Waals surface area contributed by atoms with Crippen molar-refractivity contribution in [3.8, 4) is 11.1 Å². The molecular weight excluding hydrogens is 957 g/mol. The van der Waals surface area contributed by atoms with Gasteiger partial charge in [0.05, 0.1) is 43.4 Å². The molecule has 390 valence electrons. The number of carbonyl (C=O) groups is 12. The van der Waals surface area contributed by atoms with Crippen molar-refractivity contribution >= 4 is 70.5 Å². The van der Waals surface area contributed by atoms with Crippen LogP contribution in [-0.4, -0.2) is 110 Å². The second-order valence-electron chi connectivity index (χ2n) is 18.1. The predicted octanol–water partition coefficient (Wildman–Crippen LogP) is 4.38. The second kappa shape index (κ2) is 28.5. The van der Waals surface area contributed by atoms with Gasteiger partial charge in [-0.1, -0.05) is 104 Å². The zero-order valence-electron chi connectivity index (χ0n) is 41.2. The van der Waals surface area contributed by atoms with Crippen molar-refractivity contribution in [2.75, 3.05) is 6.54 Å². The number of carbonyl (C=O) groups excluding carboxylic acids is 9. The van der Waals surface area contributed by atoms with Crippen LogP contribution in [0.4, 0.5) is 0 Å². The van der Waals surface area contributed by atoms with Crippen LogP contribution in [0.15, 0.2) is 109 Å². The van der Waals surface area contributed by atoms with E-state index < -0.39 is 126 Å². The molecule has 19 nitrogen and oxygen atoms in total. The number of hydrogen-bond acceptors (Lipinski definition) is 12. The van der Waals surface area contributed by atoms with E-state index in [1.54, 1.807) is 97.1 Å². The summed E-state index contributed by atoms with van der Waals surface area (Å²) in [7, 11) is 0. The third-order valence-corrected chi connectivity index (χ3v) is 12.1. The van der Waals surface area contributed by atoms with Gasteiger partial charge < -0.3 is 36.6 Å². The van der Waals surface area contributed by atoms with Gasteiger partial charge in [-0.3, -0.25) is 57.5 Å². The van der Waals surface area contributed by atoms with Crippen LogP contribution in [0.25, 0.3) is 11.1 Å². The summed E-state index contributed by atoms with van der Waals surface area (Å²) >= 11 is 0. The summed E-state index contributed by atoms with van der Waals surface area (Å²) in [5.74, 6) is -12.6. The molecule has 4 aromatic rings. The first-order valence-electron chi connectivity index (χ1n) is 23.8. The number of aliphatic carboxylic acids is 3. The first-order chi connectivity index (χ1) is 35.1. The van der Waals surface area contributed by atoms with Crippen LogP contribution < -0.4 is 21.3 Å². The molecule has 7 N–H and O–H groups in total. The SMILES string of the molecule is CC(=O)[C@H](CC(=O)O)NC(=O)C(CC(=O)[C@H](C)NC(=O)CCC(=O)c1ccc(-c2ccc(C(=O)NCC(=O)C[C@@H](C)C(=O)NC(Cc3ccccc3)C(=O)C[C@@H](CC(=O)O)C(=O)O)cc2)cc1)Cc1ccccc1. The maximum absolute atomic E-state index is 13.3. The largest absolute Gasteiger partial charge is 0.481 e. The molecule has 4 aromatic carbocycles. The van der Waals surface area contributed by atoms with Crippen molar-refractivity contribution in [1.29, 1.82) is 0 Å². The molecule has 4 rings (SSSR count). The first-order valence-corrected chi connectivity index (χ1v) is 23.8. The fraction of sp³-hybridized carbons (Fsp3) is 0.345. The molecule has 0 aliphatic heterocycles. The molecule has 0 radical (unpaired) electrons. The fourth-order valence-corrected chi connectivity index (χ4v) is 7.80. The van der Waals surface area contributed by atoms with Crippen molar-refractivity contribution < 1.29 is 72.9 Å². The average molecular weight is 1020 g/mol. The quantitative estimate of drug-likeness (QED) is 0.0344. The Bertz CT molecular complexity index is 2500. The van der Waals surface area contributed by atoms with E-state index >= 15 is 0 Å². The lowest BCUT2D eigenvalue weighted by Crippen LogP contribution is -2.46. The number of rotatable bonds is 31. The molecular formula is C55H60N4O15. The maximum Gasteiger partial charge on any atom is 0.307 e. The molecule has 0 heterocycles. The topological polar surface area (TPSA) is 314 Å². The highest BCUT2D eigenvalue weighted by molar-refractivity contribution is 6.00. The van der Waals surface area contributed by atoms with Crippen LogP contribution >= 0.6 is 0 Å². The van der Waals surface area contributed by atoms with Gasteiger partial charge in [0, 0.05) is 55.1 Å². The average Bonchev–Trinajstić information content (AvgIpc) is 3.36. The number of carboxylic acids is 3. The molecule has 19 heteroatoms. The Balaban J connectivity index is 1.25. The van der Waals surface area contributed by atoms with Crippen LogP contribution in [0.3, 0.4) is 0 Å². The number of ketones is 5. The molecule has 0 fully saturated rings. The Morgan fingerprint density at radius 1 is 0.500 bits per heavy atom. The molecule has 2 unspecified atom stereocenters. The molecule has 4 amide bonds. The molecule has 6 atom stereocenters. The molecule has 0 aromatic heterocycles. The third-order valence-electron chi connectivity index (χ3n) is 12.1.